The highest BCUT2D eigenvalue weighted by atomic mass is 79.9. The van der Waals surface area contributed by atoms with Gasteiger partial charge in [0.25, 0.3) is 0 Å². The minimum atomic E-state index is -3.13. The molecule has 108 valence electrons. The Morgan fingerprint density at radius 2 is 2.37 bits per heavy atom. The van der Waals surface area contributed by atoms with Gasteiger partial charge in [0.05, 0.1) is 18.6 Å². The Morgan fingerprint density at radius 3 is 2.95 bits per heavy atom. The molecule has 0 spiro atoms. The summed E-state index contributed by atoms with van der Waals surface area (Å²) in [5.41, 5.74) is 0.719. The molecule has 0 radical (unpaired) electrons. The summed E-state index contributed by atoms with van der Waals surface area (Å²) < 4.78 is 30.2. The van der Waals surface area contributed by atoms with Crippen LogP contribution >= 0.6 is 15.9 Å². The van der Waals surface area contributed by atoms with E-state index in [9.17, 15) is 13.5 Å². The van der Waals surface area contributed by atoms with E-state index in [2.05, 4.69) is 15.9 Å². The summed E-state index contributed by atoms with van der Waals surface area (Å²) in [5, 5.41) is 10.2. The largest absolute Gasteiger partial charge is 0.457 e. The average Bonchev–Trinajstić information content (AvgIpc) is 2.75. The first-order valence-electron chi connectivity index (χ1n) is 6.24. The fourth-order valence-electron chi connectivity index (χ4n) is 2.51. The molecule has 1 N–H and O–H groups in total. The zero-order valence-electron chi connectivity index (χ0n) is 10.8. The molecule has 0 bridgehead atoms. The molecule has 1 aliphatic rings. The Balaban J connectivity index is 1.98. The van der Waals surface area contributed by atoms with E-state index in [0.29, 0.717) is 24.2 Å². The van der Waals surface area contributed by atoms with Crippen LogP contribution in [0, 0.1) is 5.92 Å². The van der Waals surface area contributed by atoms with E-state index in [0.717, 1.165) is 18.4 Å². The van der Waals surface area contributed by atoms with Crippen molar-refractivity contribution >= 4 is 26.0 Å². The molecule has 0 aromatic carbocycles. The molecule has 2 rings (SSSR count). The van der Waals surface area contributed by atoms with Gasteiger partial charge in [-0.15, -0.1) is 0 Å². The quantitative estimate of drug-likeness (QED) is 0.901. The predicted octanol–water partition coefficient (Wildman–Crippen LogP) is 2.14. The van der Waals surface area contributed by atoms with Crippen LogP contribution in [0.15, 0.2) is 21.4 Å². The van der Waals surface area contributed by atoms with Gasteiger partial charge in [0.15, 0.2) is 4.67 Å². The van der Waals surface area contributed by atoms with Crippen LogP contribution in [0.2, 0.25) is 0 Å². The number of aliphatic hydroxyl groups is 1. The molecule has 1 aliphatic heterocycles. The molecule has 19 heavy (non-hydrogen) atoms. The number of sulfonamides is 1. The van der Waals surface area contributed by atoms with Crippen LogP contribution < -0.4 is 0 Å². The van der Waals surface area contributed by atoms with E-state index in [-0.39, 0.29) is 5.92 Å². The van der Waals surface area contributed by atoms with Gasteiger partial charge in [-0.1, -0.05) is 0 Å². The molecule has 2 atom stereocenters. The maximum atomic E-state index is 11.5. The fraction of sp³-hybridized carbons (Fsp3) is 0.667. The summed E-state index contributed by atoms with van der Waals surface area (Å²) in [5.74, 6) is 0.181. The number of piperidine rings is 1. The number of nitrogens with zero attached hydrogens (tertiary/aromatic N) is 1. The second-order valence-corrected chi connectivity index (χ2v) is 7.73. The highest BCUT2D eigenvalue weighted by Gasteiger charge is 2.28. The highest BCUT2D eigenvalue weighted by Crippen LogP contribution is 2.32. The van der Waals surface area contributed by atoms with Crippen molar-refractivity contribution in [2.45, 2.75) is 25.4 Å². The third-order valence-electron chi connectivity index (χ3n) is 3.51. The van der Waals surface area contributed by atoms with E-state index >= 15 is 0 Å². The van der Waals surface area contributed by atoms with E-state index in [1.165, 1.54) is 16.8 Å². The molecule has 2 unspecified atom stereocenters. The number of hydrogen-bond donors (Lipinski definition) is 1. The topological polar surface area (TPSA) is 70.8 Å². The first-order valence-corrected chi connectivity index (χ1v) is 8.88. The van der Waals surface area contributed by atoms with Gasteiger partial charge in [0.1, 0.15) is 0 Å². The van der Waals surface area contributed by atoms with Crippen molar-refractivity contribution in [3.63, 3.8) is 0 Å². The van der Waals surface area contributed by atoms with Gasteiger partial charge in [-0.05, 0) is 47.2 Å². The zero-order valence-corrected chi connectivity index (χ0v) is 13.2. The van der Waals surface area contributed by atoms with Crippen LogP contribution in [0.5, 0.6) is 0 Å². The van der Waals surface area contributed by atoms with E-state index in [1.807, 2.05) is 0 Å². The number of halogens is 1. The second kappa shape index (κ2) is 5.95. The Kier molecular flexibility index (Phi) is 4.70. The lowest BCUT2D eigenvalue weighted by molar-refractivity contribution is 0.121. The minimum Gasteiger partial charge on any atom is -0.457 e. The summed E-state index contributed by atoms with van der Waals surface area (Å²) in [6.07, 6.45) is 4.46. The van der Waals surface area contributed by atoms with Gasteiger partial charge in [-0.3, -0.25) is 0 Å². The molecule has 5 nitrogen and oxygen atoms in total. The molecule has 1 aromatic heterocycles. The van der Waals surface area contributed by atoms with Gasteiger partial charge < -0.3 is 9.52 Å². The Labute approximate surface area is 121 Å². The van der Waals surface area contributed by atoms with Crippen molar-refractivity contribution in [3.05, 3.63) is 22.6 Å². The lowest BCUT2D eigenvalue weighted by atomic mass is 9.92. The van der Waals surface area contributed by atoms with Crippen molar-refractivity contribution < 1.29 is 17.9 Å². The first kappa shape index (κ1) is 15.0. The third-order valence-corrected chi connectivity index (χ3v) is 5.43. The highest BCUT2D eigenvalue weighted by molar-refractivity contribution is 9.10. The summed E-state index contributed by atoms with van der Waals surface area (Å²) in [6.45, 7) is 1.08. The van der Waals surface area contributed by atoms with Crippen LogP contribution in [-0.2, 0) is 10.0 Å². The molecule has 1 saturated heterocycles. The predicted molar refractivity (Wildman–Crippen MR) is 75.1 cm³/mol. The molecule has 0 amide bonds. The first-order chi connectivity index (χ1) is 8.88. The van der Waals surface area contributed by atoms with Crippen molar-refractivity contribution in [1.82, 2.24) is 4.31 Å². The van der Waals surface area contributed by atoms with Gasteiger partial charge in [-0.25, -0.2) is 12.7 Å². The normalized spacial score (nSPS) is 23.4. The number of rotatable bonds is 4. The van der Waals surface area contributed by atoms with E-state index < -0.39 is 16.1 Å². The monoisotopic (exact) mass is 351 g/mol. The Hall–Kier alpha value is -0.370. The van der Waals surface area contributed by atoms with E-state index in [1.54, 1.807) is 6.07 Å². The maximum absolute atomic E-state index is 11.5. The van der Waals surface area contributed by atoms with Crippen molar-refractivity contribution in [2.24, 2.45) is 5.92 Å². The molecule has 0 saturated carbocycles. The molecular weight excluding hydrogens is 334 g/mol. The zero-order chi connectivity index (χ0) is 14.0. The summed E-state index contributed by atoms with van der Waals surface area (Å²) in [7, 11) is -3.13. The molecule has 7 heteroatoms. The van der Waals surface area contributed by atoms with Crippen LogP contribution in [0.25, 0.3) is 0 Å². The lowest BCUT2D eigenvalue weighted by Gasteiger charge is -2.31. The molecule has 2 heterocycles. The van der Waals surface area contributed by atoms with Crippen molar-refractivity contribution in [1.29, 1.82) is 0 Å². The van der Waals surface area contributed by atoms with Crippen molar-refractivity contribution in [3.8, 4) is 0 Å². The Morgan fingerprint density at radius 1 is 1.63 bits per heavy atom. The van der Waals surface area contributed by atoms with Gasteiger partial charge >= 0.3 is 0 Å². The van der Waals surface area contributed by atoms with Crippen LogP contribution in [0.4, 0.5) is 0 Å². The van der Waals surface area contributed by atoms with Gasteiger partial charge in [0, 0.05) is 18.7 Å². The van der Waals surface area contributed by atoms with Crippen LogP contribution in [-0.4, -0.2) is 37.2 Å². The maximum Gasteiger partial charge on any atom is 0.211 e. The number of aliphatic hydroxyl groups excluding tert-OH is 1. The van der Waals surface area contributed by atoms with Crippen LogP contribution in [0.3, 0.4) is 0 Å². The Bertz CT molecular complexity index is 528. The molecule has 1 aromatic rings. The lowest BCUT2D eigenvalue weighted by Crippen LogP contribution is -2.39. The van der Waals surface area contributed by atoms with E-state index in [4.69, 9.17) is 4.42 Å². The minimum absolute atomic E-state index is 0.181. The second-order valence-electron chi connectivity index (χ2n) is 5.03. The summed E-state index contributed by atoms with van der Waals surface area (Å²) in [4.78, 5) is 0. The summed E-state index contributed by atoms with van der Waals surface area (Å²) >= 11 is 3.24. The SMILES string of the molecule is CS(=O)(=O)N1CCCC(CC(O)c2ccoc2Br)C1. The molecule has 1 fully saturated rings. The van der Waals surface area contributed by atoms with Gasteiger partial charge in [-0.2, -0.15) is 0 Å². The van der Waals surface area contributed by atoms with Crippen molar-refractivity contribution in [2.75, 3.05) is 19.3 Å². The standard InChI is InChI=1S/C12H18BrNO4S/c1-19(16,17)14-5-2-3-9(8-14)7-11(15)10-4-6-18-12(10)13/h4,6,9,11,15H,2-3,5,7-8H2,1H3. The van der Waals surface area contributed by atoms with Gasteiger partial charge in [0.2, 0.25) is 10.0 Å². The smallest absolute Gasteiger partial charge is 0.211 e. The average molecular weight is 352 g/mol. The third kappa shape index (κ3) is 3.81. The molecular formula is C12H18BrNO4S. The van der Waals surface area contributed by atoms with Crippen LogP contribution in [0.1, 0.15) is 30.9 Å². The number of hydrogen-bond acceptors (Lipinski definition) is 4. The number of furan rings is 1. The summed E-state index contributed by atoms with van der Waals surface area (Å²) in [6, 6.07) is 1.73. The molecule has 0 aliphatic carbocycles. The fourth-order valence-corrected chi connectivity index (χ4v) is 3.95.